The number of nitriles is 2. The van der Waals surface area contributed by atoms with E-state index >= 15 is 0 Å². The van der Waals surface area contributed by atoms with E-state index in [0.717, 1.165) is 0 Å². The fourth-order valence-electron chi connectivity index (χ4n) is 0.0204. The first-order valence-corrected chi connectivity index (χ1v) is 2.50. The molecule has 0 rings (SSSR count). The number of rotatable bonds is 0. The normalized spacial score (nSPS) is 5.11. The van der Waals surface area contributed by atoms with Gasteiger partial charge >= 0.3 is 0 Å². The van der Waals surface area contributed by atoms with Gasteiger partial charge in [0.1, 0.15) is 10.8 Å². The second kappa shape index (κ2) is 9.78. The van der Waals surface area contributed by atoms with Crippen LogP contribution in [0.5, 0.6) is 0 Å². The van der Waals surface area contributed by atoms with E-state index in [1.165, 1.54) is 0 Å². The van der Waals surface area contributed by atoms with Crippen molar-refractivity contribution in [3.63, 3.8) is 0 Å². The van der Waals surface area contributed by atoms with Gasteiger partial charge in [-0.3, -0.25) is 5.41 Å². The number of thiocyanates is 2. The Balaban J connectivity index is 0. The molecule has 0 saturated carbocycles. The van der Waals surface area contributed by atoms with Crippen molar-refractivity contribution < 1.29 is 0 Å². The maximum Gasteiger partial charge on any atom is 0.183 e. The summed E-state index contributed by atoms with van der Waals surface area (Å²) in [4.78, 5) is 0. The van der Waals surface area contributed by atoms with Crippen molar-refractivity contribution >= 4 is 17.7 Å². The van der Waals surface area contributed by atoms with Gasteiger partial charge in [0, 0.05) is 0 Å². The summed E-state index contributed by atoms with van der Waals surface area (Å²) in [7, 11) is 0. The first-order chi connectivity index (χ1) is 4.15. The van der Waals surface area contributed by atoms with E-state index in [1.807, 2.05) is 0 Å². The summed E-state index contributed by atoms with van der Waals surface area (Å²) < 4.78 is 0. The standard InChI is InChI=1S/C2N2S.CH5N3/c3-1-5-2-4;2-1(3)4/h;(H5,2,3,4). The van der Waals surface area contributed by atoms with Crippen LogP contribution in [0.25, 0.3) is 0 Å². The molecular formula is C3H5N5S. The molecule has 5 N–H and O–H groups in total. The average molecular weight is 143 g/mol. The molecule has 0 aliphatic heterocycles. The molecule has 6 heteroatoms. The Morgan fingerprint density at radius 1 is 1.33 bits per heavy atom. The van der Waals surface area contributed by atoms with Crippen LogP contribution in [0.3, 0.4) is 0 Å². The predicted octanol–water partition coefficient (Wildman–Crippen LogP) is -0.480. The molecule has 0 saturated heterocycles. The van der Waals surface area contributed by atoms with Gasteiger partial charge in [0.05, 0.1) is 11.8 Å². The molecule has 0 fully saturated rings. The Bertz CT molecular complexity index is 135. The minimum atomic E-state index is -0.333. The Kier molecular flexibility index (Phi) is 11.5. The highest BCUT2D eigenvalue weighted by Gasteiger charge is 1.62. The molecule has 0 aromatic heterocycles. The van der Waals surface area contributed by atoms with E-state index in [4.69, 9.17) is 15.9 Å². The lowest BCUT2D eigenvalue weighted by Gasteiger charge is -1.69. The van der Waals surface area contributed by atoms with Crippen molar-refractivity contribution in [1.82, 2.24) is 0 Å². The van der Waals surface area contributed by atoms with E-state index < -0.39 is 0 Å². The molecule has 5 nitrogen and oxygen atoms in total. The highest BCUT2D eigenvalue weighted by atomic mass is 32.2. The summed E-state index contributed by atoms with van der Waals surface area (Å²) in [5, 5.41) is 24.3. The van der Waals surface area contributed by atoms with Crippen LogP contribution in [0, 0.1) is 26.7 Å². The van der Waals surface area contributed by atoms with Crippen molar-refractivity contribution in [2.75, 3.05) is 0 Å². The number of guanidine groups is 1. The molecular weight excluding hydrogens is 138 g/mol. The lowest BCUT2D eigenvalue weighted by Crippen LogP contribution is -2.20. The van der Waals surface area contributed by atoms with Crippen LogP contribution in [0.4, 0.5) is 0 Å². The van der Waals surface area contributed by atoms with E-state index in [-0.39, 0.29) is 5.96 Å². The van der Waals surface area contributed by atoms with E-state index in [0.29, 0.717) is 11.8 Å². The Morgan fingerprint density at radius 2 is 1.56 bits per heavy atom. The molecule has 0 atom stereocenters. The summed E-state index contributed by atoms with van der Waals surface area (Å²) in [6.07, 6.45) is 0. The van der Waals surface area contributed by atoms with Crippen LogP contribution in [0.15, 0.2) is 0 Å². The maximum absolute atomic E-state index is 7.56. The fourth-order valence-corrected chi connectivity index (χ4v) is 0.0612. The quantitative estimate of drug-likeness (QED) is 0.240. The van der Waals surface area contributed by atoms with E-state index in [1.54, 1.807) is 10.8 Å². The zero-order valence-electron chi connectivity index (χ0n) is 4.46. The van der Waals surface area contributed by atoms with Crippen molar-refractivity contribution in [3.05, 3.63) is 0 Å². The SMILES string of the molecule is N#CSC#N.N=C(N)N. The summed E-state index contributed by atoms with van der Waals surface area (Å²) in [5.74, 6) is -0.333. The summed E-state index contributed by atoms with van der Waals surface area (Å²) in [5.41, 5.74) is 8.94. The molecule has 0 radical (unpaired) electrons. The second-order valence-corrected chi connectivity index (χ2v) is 1.31. The van der Waals surface area contributed by atoms with Crippen molar-refractivity contribution in [3.8, 4) is 10.8 Å². The Morgan fingerprint density at radius 3 is 1.56 bits per heavy atom. The van der Waals surface area contributed by atoms with Crippen molar-refractivity contribution in [2.45, 2.75) is 0 Å². The maximum atomic E-state index is 7.56. The second-order valence-electron chi connectivity index (χ2n) is 0.740. The zero-order valence-corrected chi connectivity index (χ0v) is 5.27. The molecule has 0 unspecified atom stereocenters. The van der Waals surface area contributed by atoms with E-state index in [9.17, 15) is 0 Å². The highest BCUT2D eigenvalue weighted by molar-refractivity contribution is 8.07. The monoisotopic (exact) mass is 143 g/mol. The number of hydrogen-bond donors (Lipinski definition) is 3. The lowest BCUT2D eigenvalue weighted by molar-refractivity contribution is 1.39. The van der Waals surface area contributed by atoms with Gasteiger partial charge in [-0.1, -0.05) is 0 Å². The minimum Gasteiger partial charge on any atom is -0.370 e. The molecule has 0 aromatic carbocycles. The lowest BCUT2D eigenvalue weighted by atomic mass is 11.1. The molecule has 0 amide bonds. The van der Waals surface area contributed by atoms with Crippen molar-refractivity contribution in [2.24, 2.45) is 11.5 Å². The number of nitrogens with one attached hydrogen (secondary N) is 1. The van der Waals surface area contributed by atoms with Gasteiger partial charge in [-0.25, -0.2) is 0 Å². The molecule has 0 aromatic rings. The molecule has 0 aliphatic rings. The largest absolute Gasteiger partial charge is 0.370 e. The van der Waals surface area contributed by atoms with Gasteiger partial charge < -0.3 is 11.5 Å². The molecule has 0 bridgehead atoms. The van der Waals surface area contributed by atoms with Crippen LogP contribution in [0.1, 0.15) is 0 Å². The fraction of sp³-hybridized carbons (Fsp3) is 0. The minimum absolute atomic E-state index is 0.333. The zero-order chi connectivity index (χ0) is 7.70. The van der Waals surface area contributed by atoms with Crippen LogP contribution < -0.4 is 11.5 Å². The summed E-state index contributed by atoms with van der Waals surface area (Å²) in [6.45, 7) is 0. The smallest absolute Gasteiger partial charge is 0.183 e. The topological polar surface area (TPSA) is 123 Å². The third-order valence-corrected chi connectivity index (χ3v) is 0.274. The number of nitrogens with zero attached hydrogens (tertiary/aromatic N) is 2. The molecule has 0 heterocycles. The molecule has 0 spiro atoms. The number of thioether (sulfide) groups is 1. The number of hydrogen-bond acceptors (Lipinski definition) is 4. The van der Waals surface area contributed by atoms with Crippen LogP contribution >= 0.6 is 11.8 Å². The van der Waals surface area contributed by atoms with Crippen LogP contribution in [-0.4, -0.2) is 5.96 Å². The summed E-state index contributed by atoms with van der Waals surface area (Å²) >= 11 is 0.574. The van der Waals surface area contributed by atoms with Gasteiger partial charge in [-0.15, -0.1) is 0 Å². The van der Waals surface area contributed by atoms with Gasteiger partial charge in [0.2, 0.25) is 0 Å². The first kappa shape index (κ1) is 10.6. The molecule has 48 valence electrons. The number of nitrogens with two attached hydrogens (primary N) is 2. The van der Waals surface area contributed by atoms with Crippen LogP contribution in [0.2, 0.25) is 0 Å². The van der Waals surface area contributed by atoms with Crippen molar-refractivity contribution in [1.29, 1.82) is 15.9 Å². The van der Waals surface area contributed by atoms with Crippen LogP contribution in [-0.2, 0) is 0 Å². The third-order valence-electron chi connectivity index (χ3n) is 0.0913. The Hall–Kier alpha value is -1.40. The Labute approximate surface area is 56.7 Å². The van der Waals surface area contributed by atoms with Gasteiger partial charge in [-0.05, 0) is 0 Å². The average Bonchev–Trinajstić information content (AvgIpc) is 1.66. The van der Waals surface area contributed by atoms with Gasteiger partial charge in [-0.2, -0.15) is 10.5 Å². The van der Waals surface area contributed by atoms with Gasteiger partial charge in [0.25, 0.3) is 0 Å². The highest BCUT2D eigenvalue weighted by Crippen LogP contribution is 1.85. The van der Waals surface area contributed by atoms with Gasteiger partial charge in [0.15, 0.2) is 5.96 Å². The first-order valence-electron chi connectivity index (χ1n) is 1.68. The predicted molar refractivity (Wildman–Crippen MR) is 34.9 cm³/mol. The third kappa shape index (κ3) is 388. The molecule has 9 heavy (non-hydrogen) atoms. The summed E-state index contributed by atoms with van der Waals surface area (Å²) in [6, 6.07) is 0. The van der Waals surface area contributed by atoms with E-state index in [2.05, 4.69) is 11.5 Å². The molecule has 0 aliphatic carbocycles.